The predicted molar refractivity (Wildman–Crippen MR) is 46.7 cm³/mol. The zero-order chi connectivity index (χ0) is 8.10. The summed E-state index contributed by atoms with van der Waals surface area (Å²) in [5.41, 5.74) is 0. The Balaban J connectivity index is 2.12. The van der Waals surface area contributed by atoms with E-state index in [-0.39, 0.29) is 0 Å². The highest BCUT2D eigenvalue weighted by molar-refractivity contribution is 4.75. The molecule has 2 atom stereocenters. The lowest BCUT2D eigenvalue weighted by Gasteiger charge is -2.18. The highest BCUT2D eigenvalue weighted by atomic mass is 16.5. The van der Waals surface area contributed by atoms with Crippen molar-refractivity contribution in [2.45, 2.75) is 32.7 Å². The first-order chi connectivity index (χ1) is 5.34. The average Bonchev–Trinajstić information content (AvgIpc) is 2.52. The van der Waals surface area contributed by atoms with Gasteiger partial charge < -0.3 is 10.1 Å². The number of nitrogens with one attached hydrogen (secondary N) is 1. The van der Waals surface area contributed by atoms with Gasteiger partial charge in [-0.1, -0.05) is 6.92 Å². The van der Waals surface area contributed by atoms with Crippen molar-refractivity contribution in [2.75, 3.05) is 19.8 Å². The fourth-order valence-corrected chi connectivity index (χ4v) is 1.49. The van der Waals surface area contributed by atoms with E-state index < -0.39 is 0 Å². The second kappa shape index (κ2) is 4.73. The minimum atomic E-state index is 0.637. The number of hydrogen-bond donors (Lipinski definition) is 1. The maximum Gasteiger partial charge on any atom is 0.0509 e. The van der Waals surface area contributed by atoms with Gasteiger partial charge in [0.25, 0.3) is 0 Å². The van der Waals surface area contributed by atoms with Gasteiger partial charge in [-0.25, -0.2) is 0 Å². The summed E-state index contributed by atoms with van der Waals surface area (Å²) < 4.78 is 5.32. The molecule has 0 aromatic carbocycles. The molecule has 1 saturated heterocycles. The molecule has 2 nitrogen and oxygen atoms in total. The van der Waals surface area contributed by atoms with Gasteiger partial charge in [0.15, 0.2) is 0 Å². The molecule has 0 aromatic rings. The predicted octanol–water partition coefficient (Wildman–Crippen LogP) is 1.41. The lowest BCUT2D eigenvalue weighted by molar-refractivity contribution is 0.178. The zero-order valence-electron chi connectivity index (χ0n) is 7.60. The van der Waals surface area contributed by atoms with E-state index in [0.717, 1.165) is 25.7 Å². The van der Waals surface area contributed by atoms with Crippen LogP contribution in [0.25, 0.3) is 0 Å². The molecule has 0 amide bonds. The fraction of sp³-hybridized carbons (Fsp3) is 1.00. The van der Waals surface area contributed by atoms with E-state index in [9.17, 15) is 0 Å². The van der Waals surface area contributed by atoms with Crippen LogP contribution in [0, 0.1) is 5.92 Å². The van der Waals surface area contributed by atoms with Crippen molar-refractivity contribution < 1.29 is 4.74 Å². The number of ether oxygens (including phenoxy) is 1. The van der Waals surface area contributed by atoms with E-state index >= 15 is 0 Å². The summed E-state index contributed by atoms with van der Waals surface area (Å²) in [5.74, 6) is 0.751. The molecule has 1 rings (SSSR count). The van der Waals surface area contributed by atoms with Crippen LogP contribution in [0.4, 0.5) is 0 Å². The molecule has 0 spiro atoms. The highest BCUT2D eigenvalue weighted by Gasteiger charge is 2.21. The first-order valence-electron chi connectivity index (χ1n) is 4.65. The first kappa shape index (κ1) is 9.01. The van der Waals surface area contributed by atoms with Gasteiger partial charge in [-0.3, -0.25) is 0 Å². The topological polar surface area (TPSA) is 21.3 Å². The Bertz CT molecular complexity index is 99.7. The standard InChI is InChI=1S/C9H19NO/c1-3-5-10-8(2)9-4-6-11-7-9/h8-10H,3-7H2,1-2H3. The quantitative estimate of drug-likeness (QED) is 0.666. The van der Waals surface area contributed by atoms with Crippen molar-refractivity contribution in [3.05, 3.63) is 0 Å². The largest absolute Gasteiger partial charge is 0.381 e. The normalized spacial score (nSPS) is 27.3. The monoisotopic (exact) mass is 157 g/mol. The second-order valence-corrected chi connectivity index (χ2v) is 3.37. The average molecular weight is 157 g/mol. The summed E-state index contributed by atoms with van der Waals surface area (Å²) in [5, 5.41) is 3.49. The third-order valence-electron chi connectivity index (χ3n) is 2.39. The zero-order valence-corrected chi connectivity index (χ0v) is 7.60. The van der Waals surface area contributed by atoms with Gasteiger partial charge in [0, 0.05) is 12.6 Å². The third-order valence-corrected chi connectivity index (χ3v) is 2.39. The van der Waals surface area contributed by atoms with Crippen molar-refractivity contribution >= 4 is 0 Å². The Morgan fingerprint density at radius 2 is 2.45 bits per heavy atom. The smallest absolute Gasteiger partial charge is 0.0509 e. The SMILES string of the molecule is CCCNC(C)C1CCOC1. The van der Waals surface area contributed by atoms with Crippen LogP contribution in [0.15, 0.2) is 0 Å². The molecule has 11 heavy (non-hydrogen) atoms. The maximum absolute atomic E-state index is 5.32. The van der Waals surface area contributed by atoms with Crippen molar-refractivity contribution in [1.29, 1.82) is 0 Å². The summed E-state index contributed by atoms with van der Waals surface area (Å²) in [6.07, 6.45) is 2.45. The molecule has 0 bridgehead atoms. The van der Waals surface area contributed by atoms with Crippen LogP contribution in [0.1, 0.15) is 26.7 Å². The number of hydrogen-bond acceptors (Lipinski definition) is 2. The third kappa shape index (κ3) is 2.80. The molecular weight excluding hydrogens is 138 g/mol. The molecule has 0 saturated carbocycles. The molecular formula is C9H19NO. The van der Waals surface area contributed by atoms with E-state index in [1.54, 1.807) is 0 Å². The molecule has 0 aromatic heterocycles. The molecule has 0 aliphatic carbocycles. The summed E-state index contributed by atoms with van der Waals surface area (Å²) in [6, 6.07) is 0.637. The van der Waals surface area contributed by atoms with E-state index in [1.165, 1.54) is 12.8 Å². The van der Waals surface area contributed by atoms with E-state index in [0.29, 0.717) is 6.04 Å². The van der Waals surface area contributed by atoms with Crippen LogP contribution in [-0.2, 0) is 4.74 Å². The van der Waals surface area contributed by atoms with Crippen LogP contribution in [0.2, 0.25) is 0 Å². The Labute approximate surface area is 69.3 Å². The Morgan fingerprint density at radius 1 is 1.64 bits per heavy atom. The lowest BCUT2D eigenvalue weighted by atomic mass is 10.0. The van der Waals surface area contributed by atoms with Crippen LogP contribution in [0.3, 0.4) is 0 Å². The molecule has 1 fully saturated rings. The van der Waals surface area contributed by atoms with Gasteiger partial charge in [-0.15, -0.1) is 0 Å². The summed E-state index contributed by atoms with van der Waals surface area (Å²) in [6.45, 7) is 7.51. The summed E-state index contributed by atoms with van der Waals surface area (Å²) >= 11 is 0. The Kier molecular flexibility index (Phi) is 3.87. The van der Waals surface area contributed by atoms with Gasteiger partial charge in [0.05, 0.1) is 6.61 Å². The van der Waals surface area contributed by atoms with Crippen LogP contribution < -0.4 is 5.32 Å². The van der Waals surface area contributed by atoms with Gasteiger partial charge in [0.1, 0.15) is 0 Å². The van der Waals surface area contributed by atoms with Gasteiger partial charge in [-0.05, 0) is 32.2 Å². The minimum Gasteiger partial charge on any atom is -0.381 e. The summed E-state index contributed by atoms with van der Waals surface area (Å²) in [7, 11) is 0. The van der Waals surface area contributed by atoms with Gasteiger partial charge in [0.2, 0.25) is 0 Å². The molecule has 1 aliphatic heterocycles. The molecule has 1 heterocycles. The maximum atomic E-state index is 5.32. The minimum absolute atomic E-state index is 0.637. The molecule has 0 radical (unpaired) electrons. The lowest BCUT2D eigenvalue weighted by Crippen LogP contribution is -2.34. The van der Waals surface area contributed by atoms with Crippen LogP contribution in [0.5, 0.6) is 0 Å². The Morgan fingerprint density at radius 3 is 3.00 bits per heavy atom. The van der Waals surface area contributed by atoms with Crippen molar-refractivity contribution in [3.8, 4) is 0 Å². The van der Waals surface area contributed by atoms with E-state index in [1.807, 2.05) is 0 Å². The van der Waals surface area contributed by atoms with Crippen LogP contribution in [-0.4, -0.2) is 25.8 Å². The fourth-order valence-electron chi connectivity index (χ4n) is 1.49. The van der Waals surface area contributed by atoms with Crippen LogP contribution >= 0.6 is 0 Å². The second-order valence-electron chi connectivity index (χ2n) is 3.37. The highest BCUT2D eigenvalue weighted by Crippen LogP contribution is 2.15. The number of rotatable bonds is 4. The van der Waals surface area contributed by atoms with Crippen molar-refractivity contribution in [2.24, 2.45) is 5.92 Å². The molecule has 2 heteroatoms. The van der Waals surface area contributed by atoms with Crippen molar-refractivity contribution in [1.82, 2.24) is 5.32 Å². The molecule has 1 N–H and O–H groups in total. The van der Waals surface area contributed by atoms with Gasteiger partial charge in [-0.2, -0.15) is 0 Å². The van der Waals surface area contributed by atoms with Gasteiger partial charge >= 0.3 is 0 Å². The molecule has 66 valence electrons. The van der Waals surface area contributed by atoms with E-state index in [2.05, 4.69) is 19.2 Å². The molecule has 2 unspecified atom stereocenters. The van der Waals surface area contributed by atoms with Crippen molar-refractivity contribution in [3.63, 3.8) is 0 Å². The Hall–Kier alpha value is -0.0800. The first-order valence-corrected chi connectivity index (χ1v) is 4.65. The van der Waals surface area contributed by atoms with E-state index in [4.69, 9.17) is 4.74 Å². The summed E-state index contributed by atoms with van der Waals surface area (Å²) in [4.78, 5) is 0. The molecule has 1 aliphatic rings.